The molecule has 1 aromatic carbocycles. The van der Waals surface area contributed by atoms with Gasteiger partial charge in [-0.15, -0.1) is 0 Å². The number of carbonyl (C=O) groups is 2. The number of sulfonamides is 1. The van der Waals surface area contributed by atoms with E-state index in [-0.39, 0.29) is 17.3 Å². The minimum absolute atomic E-state index is 0.0110. The van der Waals surface area contributed by atoms with E-state index in [0.717, 1.165) is 0 Å². The highest BCUT2D eigenvalue weighted by Gasteiger charge is 2.20. The number of carbonyl (C=O) groups excluding carboxylic acids is 1. The lowest BCUT2D eigenvalue weighted by Gasteiger charge is -2.12. The number of carboxylic acids is 1. The number of rotatable bonds is 7. The predicted molar refractivity (Wildman–Crippen MR) is 77.4 cm³/mol. The van der Waals surface area contributed by atoms with Crippen molar-refractivity contribution in [2.45, 2.75) is 25.2 Å². The van der Waals surface area contributed by atoms with E-state index in [1.165, 1.54) is 31.2 Å². The molecule has 1 rings (SSSR count). The summed E-state index contributed by atoms with van der Waals surface area (Å²) in [6.07, 6.45) is 0.333. The van der Waals surface area contributed by atoms with Gasteiger partial charge in [-0.3, -0.25) is 9.59 Å². The van der Waals surface area contributed by atoms with Gasteiger partial charge in [0.1, 0.15) is 0 Å². The van der Waals surface area contributed by atoms with Crippen molar-refractivity contribution in [3.8, 4) is 0 Å². The van der Waals surface area contributed by atoms with Crippen LogP contribution in [-0.2, 0) is 19.6 Å². The molecule has 0 bridgehead atoms. The lowest BCUT2D eigenvalue weighted by atomic mass is 10.1. The minimum Gasteiger partial charge on any atom is -0.481 e. The monoisotopic (exact) mass is 314 g/mol. The average Bonchev–Trinajstić information content (AvgIpc) is 2.38. The Hall–Kier alpha value is -1.93. The van der Waals surface area contributed by atoms with Gasteiger partial charge in [0.15, 0.2) is 0 Å². The topological polar surface area (TPSA) is 113 Å². The van der Waals surface area contributed by atoms with Crippen molar-refractivity contribution in [1.29, 1.82) is 0 Å². The Morgan fingerprint density at radius 1 is 1.24 bits per heavy atom. The third-order valence-corrected chi connectivity index (χ3v) is 4.29. The Bertz CT molecular complexity index is 610. The molecule has 0 aliphatic heterocycles. The number of hydrogen-bond acceptors (Lipinski definition) is 4. The second-order valence-electron chi connectivity index (χ2n) is 4.50. The summed E-state index contributed by atoms with van der Waals surface area (Å²) >= 11 is 0. The molecule has 21 heavy (non-hydrogen) atoms. The highest BCUT2D eigenvalue weighted by Crippen LogP contribution is 2.14. The number of aliphatic carboxylic acids is 1. The molecule has 1 aromatic rings. The normalized spacial score (nSPS) is 12.7. The smallest absolute Gasteiger partial charge is 0.307 e. The standard InChI is InChI=1S/C13H18N2O5S/c1-3-10(13(17)18)8-14-21(19,20)12-6-4-11(5-7-12)15-9(2)16/h4-7,10,14H,3,8H2,1-2H3,(H,15,16)(H,17,18). The van der Waals surface area contributed by atoms with E-state index < -0.39 is 21.9 Å². The van der Waals surface area contributed by atoms with Gasteiger partial charge in [-0.2, -0.15) is 0 Å². The molecule has 0 aliphatic rings. The molecule has 0 aliphatic carbocycles. The van der Waals surface area contributed by atoms with Crippen LogP contribution in [0, 0.1) is 5.92 Å². The Morgan fingerprint density at radius 3 is 2.24 bits per heavy atom. The average molecular weight is 314 g/mol. The van der Waals surface area contributed by atoms with Crippen molar-refractivity contribution < 1.29 is 23.1 Å². The Labute approximate surface area is 123 Å². The van der Waals surface area contributed by atoms with E-state index in [2.05, 4.69) is 10.0 Å². The zero-order valence-corrected chi connectivity index (χ0v) is 12.6. The Balaban J connectivity index is 2.78. The van der Waals surface area contributed by atoms with Crippen LogP contribution in [-0.4, -0.2) is 31.9 Å². The molecule has 3 N–H and O–H groups in total. The van der Waals surface area contributed by atoms with Crippen LogP contribution in [0.2, 0.25) is 0 Å². The largest absolute Gasteiger partial charge is 0.481 e. The van der Waals surface area contributed by atoms with E-state index in [4.69, 9.17) is 5.11 Å². The van der Waals surface area contributed by atoms with E-state index in [1.807, 2.05) is 0 Å². The van der Waals surface area contributed by atoms with Crippen LogP contribution in [0.25, 0.3) is 0 Å². The quantitative estimate of drug-likeness (QED) is 0.696. The van der Waals surface area contributed by atoms with Crippen LogP contribution >= 0.6 is 0 Å². The maximum atomic E-state index is 12.0. The molecule has 0 aromatic heterocycles. The molecule has 1 atom stereocenters. The number of carboxylic acid groups (broad SMARTS) is 1. The van der Waals surface area contributed by atoms with Gasteiger partial charge in [-0.1, -0.05) is 6.92 Å². The fourth-order valence-corrected chi connectivity index (χ4v) is 2.70. The van der Waals surface area contributed by atoms with Crippen LogP contribution in [0.1, 0.15) is 20.3 Å². The second kappa shape index (κ2) is 7.19. The molecule has 0 radical (unpaired) electrons. The molecule has 0 saturated heterocycles. The molecule has 8 heteroatoms. The molecule has 0 spiro atoms. The van der Waals surface area contributed by atoms with Crippen LogP contribution < -0.4 is 10.0 Å². The molecule has 1 unspecified atom stereocenters. The first-order valence-electron chi connectivity index (χ1n) is 6.36. The summed E-state index contributed by atoms with van der Waals surface area (Å²) in [5.41, 5.74) is 0.485. The summed E-state index contributed by atoms with van der Waals surface area (Å²) in [6.45, 7) is 2.86. The lowest BCUT2D eigenvalue weighted by molar-refractivity contribution is -0.141. The van der Waals surface area contributed by atoms with Crippen molar-refractivity contribution in [2.75, 3.05) is 11.9 Å². The summed E-state index contributed by atoms with van der Waals surface area (Å²) in [6, 6.07) is 5.61. The van der Waals surface area contributed by atoms with Crippen molar-refractivity contribution in [3.63, 3.8) is 0 Å². The summed E-state index contributed by atoms with van der Waals surface area (Å²) in [4.78, 5) is 21.7. The maximum absolute atomic E-state index is 12.0. The molecule has 7 nitrogen and oxygen atoms in total. The van der Waals surface area contributed by atoms with E-state index >= 15 is 0 Å². The van der Waals surface area contributed by atoms with Crippen molar-refractivity contribution >= 4 is 27.6 Å². The SMILES string of the molecule is CCC(CNS(=O)(=O)c1ccc(NC(C)=O)cc1)C(=O)O. The van der Waals surface area contributed by atoms with Gasteiger partial charge in [0.2, 0.25) is 15.9 Å². The molecule has 0 fully saturated rings. The first kappa shape index (κ1) is 17.1. The third-order valence-electron chi connectivity index (χ3n) is 2.85. The van der Waals surface area contributed by atoms with E-state index in [9.17, 15) is 18.0 Å². The zero-order chi connectivity index (χ0) is 16.0. The fourth-order valence-electron chi connectivity index (χ4n) is 1.62. The Morgan fingerprint density at radius 2 is 1.81 bits per heavy atom. The third kappa shape index (κ3) is 5.16. The first-order valence-corrected chi connectivity index (χ1v) is 7.84. The summed E-state index contributed by atoms with van der Waals surface area (Å²) in [7, 11) is -3.77. The number of amides is 1. The van der Waals surface area contributed by atoms with Gasteiger partial charge in [0, 0.05) is 19.2 Å². The number of benzene rings is 1. The number of nitrogens with one attached hydrogen (secondary N) is 2. The Kier molecular flexibility index (Phi) is 5.86. The van der Waals surface area contributed by atoms with Crippen LogP contribution in [0.3, 0.4) is 0 Å². The second-order valence-corrected chi connectivity index (χ2v) is 6.27. The molecule has 116 valence electrons. The molecule has 1 amide bonds. The van der Waals surface area contributed by atoms with Gasteiger partial charge in [-0.05, 0) is 30.7 Å². The predicted octanol–water partition coefficient (Wildman–Crippen LogP) is 1.03. The van der Waals surface area contributed by atoms with E-state index in [0.29, 0.717) is 12.1 Å². The lowest BCUT2D eigenvalue weighted by Crippen LogP contribution is -2.32. The molecular weight excluding hydrogens is 296 g/mol. The van der Waals surface area contributed by atoms with E-state index in [1.54, 1.807) is 6.92 Å². The maximum Gasteiger partial charge on any atom is 0.307 e. The molecular formula is C13H18N2O5S. The summed E-state index contributed by atoms with van der Waals surface area (Å²) in [5, 5.41) is 11.4. The van der Waals surface area contributed by atoms with Gasteiger partial charge in [-0.25, -0.2) is 13.1 Å². The minimum atomic E-state index is -3.77. The van der Waals surface area contributed by atoms with Crippen molar-refractivity contribution in [1.82, 2.24) is 4.72 Å². The highest BCUT2D eigenvalue weighted by atomic mass is 32.2. The zero-order valence-electron chi connectivity index (χ0n) is 11.8. The van der Waals surface area contributed by atoms with Crippen LogP contribution in [0.15, 0.2) is 29.2 Å². The first-order chi connectivity index (χ1) is 9.76. The van der Waals surface area contributed by atoms with Gasteiger partial charge < -0.3 is 10.4 Å². The fraction of sp³-hybridized carbons (Fsp3) is 0.385. The van der Waals surface area contributed by atoms with Gasteiger partial charge in [0.25, 0.3) is 0 Å². The number of hydrogen-bond donors (Lipinski definition) is 3. The highest BCUT2D eigenvalue weighted by molar-refractivity contribution is 7.89. The van der Waals surface area contributed by atoms with Crippen LogP contribution in [0.4, 0.5) is 5.69 Å². The van der Waals surface area contributed by atoms with Gasteiger partial charge in [0.05, 0.1) is 10.8 Å². The summed E-state index contributed by atoms with van der Waals surface area (Å²) in [5.74, 6) is -2.06. The molecule has 0 heterocycles. The van der Waals surface area contributed by atoms with Crippen LogP contribution in [0.5, 0.6) is 0 Å². The van der Waals surface area contributed by atoms with Crippen molar-refractivity contribution in [3.05, 3.63) is 24.3 Å². The number of anilines is 1. The van der Waals surface area contributed by atoms with Crippen molar-refractivity contribution in [2.24, 2.45) is 5.92 Å². The van der Waals surface area contributed by atoms with Gasteiger partial charge >= 0.3 is 5.97 Å². The molecule has 0 saturated carbocycles. The summed E-state index contributed by atoms with van der Waals surface area (Å²) < 4.78 is 26.3.